The Kier molecular flexibility index (Phi) is 7.27. The van der Waals surface area contributed by atoms with Gasteiger partial charge in [-0.15, -0.1) is 0 Å². The van der Waals surface area contributed by atoms with Crippen LogP contribution in [0.15, 0.2) is 17.2 Å². The lowest BCUT2D eigenvalue weighted by atomic mass is 9.78. The van der Waals surface area contributed by atoms with Crippen molar-refractivity contribution in [3.05, 3.63) is 28.8 Å². The first-order chi connectivity index (χ1) is 13.0. The number of carbonyl (C=O) groups excluding carboxylic acids is 1. The zero-order valence-electron chi connectivity index (χ0n) is 18.4. The summed E-state index contributed by atoms with van der Waals surface area (Å²) in [5.41, 5.74) is 4.93. The van der Waals surface area contributed by atoms with E-state index in [-0.39, 0.29) is 16.7 Å². The Morgan fingerprint density at radius 2 is 1.54 bits per heavy atom. The molecule has 2 rings (SSSR count). The van der Waals surface area contributed by atoms with Gasteiger partial charge in [0.05, 0.1) is 12.8 Å². The number of benzene rings is 1. The van der Waals surface area contributed by atoms with E-state index in [1.54, 1.807) is 6.21 Å². The standard InChI is InChI=1S/C23H37N3O2/c1-22(2,3)18-13-17(14-19(21(18)28)23(4,5)6)15-24-25-20(27)16-26-11-9-7-8-10-12-26/h13-15,28H,7-12,16H2,1-6H3,(H,25,27)/b24-15+. The van der Waals surface area contributed by atoms with Crippen LogP contribution in [0.4, 0.5) is 0 Å². The first-order valence-electron chi connectivity index (χ1n) is 10.4. The molecule has 0 radical (unpaired) electrons. The molecule has 2 N–H and O–H groups in total. The van der Waals surface area contributed by atoms with E-state index in [0.29, 0.717) is 12.3 Å². The minimum Gasteiger partial charge on any atom is -0.507 e. The number of carbonyl (C=O) groups is 1. The average Bonchev–Trinajstić information content (AvgIpc) is 2.82. The summed E-state index contributed by atoms with van der Waals surface area (Å²) in [5.74, 6) is 0.270. The highest BCUT2D eigenvalue weighted by Crippen LogP contribution is 2.39. The molecule has 1 aliphatic heterocycles. The molecular weight excluding hydrogens is 350 g/mol. The average molecular weight is 388 g/mol. The van der Waals surface area contributed by atoms with Gasteiger partial charge in [-0.25, -0.2) is 5.43 Å². The summed E-state index contributed by atoms with van der Waals surface area (Å²) in [4.78, 5) is 14.4. The molecule has 5 nitrogen and oxygen atoms in total. The molecule has 1 aliphatic rings. The van der Waals surface area contributed by atoms with Crippen molar-refractivity contribution >= 4 is 12.1 Å². The molecule has 1 aromatic carbocycles. The van der Waals surface area contributed by atoms with Crippen LogP contribution in [0.25, 0.3) is 0 Å². The first kappa shape index (κ1) is 22.4. The van der Waals surface area contributed by atoms with Gasteiger partial charge < -0.3 is 5.11 Å². The lowest BCUT2D eigenvalue weighted by Crippen LogP contribution is -2.35. The normalized spacial score (nSPS) is 16.9. The minimum atomic E-state index is -0.191. The molecule has 1 fully saturated rings. The Labute approximate surface area is 170 Å². The molecule has 0 spiro atoms. The Hall–Kier alpha value is -1.88. The lowest BCUT2D eigenvalue weighted by molar-refractivity contribution is -0.122. The molecule has 0 bridgehead atoms. The van der Waals surface area contributed by atoms with Crippen molar-refractivity contribution in [3.63, 3.8) is 0 Å². The third-order valence-corrected chi connectivity index (χ3v) is 5.22. The van der Waals surface area contributed by atoms with Crippen molar-refractivity contribution in [2.75, 3.05) is 19.6 Å². The summed E-state index contributed by atoms with van der Waals surface area (Å²) in [7, 11) is 0. The van der Waals surface area contributed by atoms with E-state index in [4.69, 9.17) is 0 Å². The summed E-state index contributed by atoms with van der Waals surface area (Å²) in [6.07, 6.45) is 6.50. The number of hydrazone groups is 1. The van der Waals surface area contributed by atoms with Gasteiger partial charge in [-0.2, -0.15) is 5.10 Å². The predicted octanol–water partition coefficient (Wildman–Crippen LogP) is 4.31. The van der Waals surface area contributed by atoms with E-state index in [1.165, 1.54) is 12.8 Å². The number of nitrogens with zero attached hydrogens (tertiary/aromatic N) is 2. The summed E-state index contributed by atoms with van der Waals surface area (Å²) in [6.45, 7) is 14.9. The number of rotatable bonds is 4. The Bertz CT molecular complexity index is 669. The smallest absolute Gasteiger partial charge is 0.254 e. The van der Waals surface area contributed by atoms with E-state index < -0.39 is 0 Å². The van der Waals surface area contributed by atoms with Gasteiger partial charge in [-0.05, 0) is 54.5 Å². The van der Waals surface area contributed by atoms with Gasteiger partial charge in [0, 0.05) is 11.1 Å². The van der Waals surface area contributed by atoms with Gasteiger partial charge >= 0.3 is 0 Å². The molecule has 1 heterocycles. The summed E-state index contributed by atoms with van der Waals surface area (Å²) in [5, 5.41) is 15.0. The fourth-order valence-electron chi connectivity index (χ4n) is 3.59. The number of aromatic hydroxyl groups is 1. The number of nitrogens with one attached hydrogen (secondary N) is 1. The Morgan fingerprint density at radius 3 is 2.00 bits per heavy atom. The van der Waals surface area contributed by atoms with Crippen molar-refractivity contribution in [2.45, 2.75) is 78.1 Å². The van der Waals surface area contributed by atoms with Crippen LogP contribution in [0.1, 0.15) is 83.9 Å². The third-order valence-electron chi connectivity index (χ3n) is 5.22. The molecular formula is C23H37N3O2. The number of phenols is 1. The van der Waals surface area contributed by atoms with Crippen LogP contribution in [0.3, 0.4) is 0 Å². The second-order valence-corrected chi connectivity index (χ2v) is 9.95. The van der Waals surface area contributed by atoms with Gasteiger partial charge in [0.1, 0.15) is 5.75 Å². The van der Waals surface area contributed by atoms with Crippen molar-refractivity contribution in [2.24, 2.45) is 5.10 Å². The molecule has 0 aliphatic carbocycles. The van der Waals surface area contributed by atoms with Gasteiger partial charge in [0.25, 0.3) is 5.91 Å². The van der Waals surface area contributed by atoms with Crippen LogP contribution >= 0.6 is 0 Å². The van der Waals surface area contributed by atoms with Gasteiger partial charge in [0.15, 0.2) is 0 Å². The molecule has 0 atom stereocenters. The summed E-state index contributed by atoms with van der Waals surface area (Å²) in [6, 6.07) is 3.91. The van der Waals surface area contributed by atoms with Crippen LogP contribution in [0.2, 0.25) is 0 Å². The van der Waals surface area contributed by atoms with E-state index in [9.17, 15) is 9.90 Å². The second-order valence-electron chi connectivity index (χ2n) is 9.95. The molecule has 0 unspecified atom stereocenters. The SMILES string of the molecule is CC(C)(C)c1cc(/C=N/NC(=O)CN2CCCCCC2)cc(C(C)(C)C)c1O. The Balaban J connectivity index is 2.12. The largest absolute Gasteiger partial charge is 0.507 e. The first-order valence-corrected chi connectivity index (χ1v) is 10.4. The fraction of sp³-hybridized carbons (Fsp3) is 0.652. The minimum absolute atomic E-state index is 0.0796. The molecule has 1 amide bonds. The maximum absolute atomic E-state index is 12.2. The molecule has 0 saturated carbocycles. The van der Waals surface area contributed by atoms with Crippen molar-refractivity contribution in [1.82, 2.24) is 10.3 Å². The number of amides is 1. The Morgan fingerprint density at radius 1 is 1.04 bits per heavy atom. The van der Waals surface area contributed by atoms with Crippen LogP contribution in [-0.4, -0.2) is 41.8 Å². The van der Waals surface area contributed by atoms with Crippen LogP contribution in [0, 0.1) is 0 Å². The highest BCUT2D eigenvalue weighted by atomic mass is 16.3. The molecule has 0 aromatic heterocycles. The molecule has 156 valence electrons. The zero-order chi connectivity index (χ0) is 20.9. The third kappa shape index (κ3) is 6.33. The number of phenolic OH excluding ortho intramolecular Hbond substituents is 1. The van der Waals surface area contributed by atoms with Crippen LogP contribution in [0.5, 0.6) is 5.75 Å². The predicted molar refractivity (Wildman–Crippen MR) is 116 cm³/mol. The topological polar surface area (TPSA) is 64.9 Å². The van der Waals surface area contributed by atoms with Gasteiger partial charge in [0.2, 0.25) is 0 Å². The van der Waals surface area contributed by atoms with E-state index in [1.807, 2.05) is 12.1 Å². The number of hydrogen-bond acceptors (Lipinski definition) is 4. The maximum atomic E-state index is 12.2. The quantitative estimate of drug-likeness (QED) is 0.597. The number of hydrogen-bond donors (Lipinski definition) is 2. The highest BCUT2D eigenvalue weighted by Gasteiger charge is 2.26. The zero-order valence-corrected chi connectivity index (χ0v) is 18.4. The lowest BCUT2D eigenvalue weighted by Gasteiger charge is -2.27. The highest BCUT2D eigenvalue weighted by molar-refractivity contribution is 5.84. The van der Waals surface area contributed by atoms with Crippen molar-refractivity contribution in [3.8, 4) is 5.75 Å². The van der Waals surface area contributed by atoms with Crippen molar-refractivity contribution < 1.29 is 9.90 Å². The summed E-state index contributed by atoms with van der Waals surface area (Å²) < 4.78 is 0. The monoisotopic (exact) mass is 387 g/mol. The fourth-order valence-corrected chi connectivity index (χ4v) is 3.59. The van der Waals surface area contributed by atoms with Gasteiger partial charge in [-0.3, -0.25) is 9.69 Å². The molecule has 1 aromatic rings. The van der Waals surface area contributed by atoms with Crippen LogP contribution in [-0.2, 0) is 15.6 Å². The van der Waals surface area contributed by atoms with Crippen LogP contribution < -0.4 is 5.43 Å². The number of likely N-dealkylation sites (tertiary alicyclic amines) is 1. The molecule has 1 saturated heterocycles. The molecule has 5 heteroatoms. The maximum Gasteiger partial charge on any atom is 0.254 e. The van der Waals surface area contributed by atoms with E-state index in [0.717, 1.165) is 42.6 Å². The molecule has 28 heavy (non-hydrogen) atoms. The van der Waals surface area contributed by atoms with Gasteiger partial charge in [-0.1, -0.05) is 54.4 Å². The van der Waals surface area contributed by atoms with E-state index in [2.05, 4.69) is 57.0 Å². The summed E-state index contributed by atoms with van der Waals surface area (Å²) >= 11 is 0. The van der Waals surface area contributed by atoms with Crippen molar-refractivity contribution in [1.29, 1.82) is 0 Å². The second kappa shape index (κ2) is 9.08. The van der Waals surface area contributed by atoms with E-state index >= 15 is 0 Å².